The molecule has 0 saturated heterocycles. The van der Waals surface area contributed by atoms with Crippen LogP contribution in [-0.2, 0) is 4.84 Å². The highest BCUT2D eigenvalue weighted by molar-refractivity contribution is 6.01. The zero-order valence-electron chi connectivity index (χ0n) is 9.32. The zero-order valence-corrected chi connectivity index (χ0v) is 9.32. The van der Waals surface area contributed by atoms with Gasteiger partial charge in [-0.3, -0.25) is 14.8 Å². The third kappa shape index (κ3) is 3.07. The Hall–Kier alpha value is -2.31. The smallest absolute Gasteiger partial charge is 0.328 e. The van der Waals surface area contributed by atoms with Crippen LogP contribution >= 0.6 is 0 Å². The fourth-order valence-corrected chi connectivity index (χ4v) is 1.20. The molecule has 3 N–H and O–H groups in total. The van der Waals surface area contributed by atoms with Crippen molar-refractivity contribution in [2.24, 2.45) is 5.16 Å². The number of aromatic hydroxyl groups is 1. The lowest BCUT2D eigenvalue weighted by Gasteiger charge is -2.04. The summed E-state index contributed by atoms with van der Waals surface area (Å²) in [6.07, 6.45) is 1.85. The summed E-state index contributed by atoms with van der Waals surface area (Å²) in [7, 11) is 0. The van der Waals surface area contributed by atoms with Gasteiger partial charge in [-0.15, -0.1) is 0 Å². The molecule has 0 amide bonds. The number of nitrogens with one attached hydrogen (secondary N) is 2. The van der Waals surface area contributed by atoms with Crippen LogP contribution < -0.4 is 11.2 Å². The minimum atomic E-state index is -0.779. The van der Waals surface area contributed by atoms with Crippen LogP contribution in [0.2, 0.25) is 0 Å². The molecule has 0 saturated carbocycles. The Balaban J connectivity index is 3.21. The van der Waals surface area contributed by atoms with Gasteiger partial charge in [0, 0.05) is 0 Å². The fraction of sp³-hybridized carbons (Fsp3) is 0.300. The van der Waals surface area contributed by atoms with E-state index in [1.165, 1.54) is 6.08 Å². The predicted molar refractivity (Wildman–Crippen MR) is 62.3 cm³/mol. The predicted octanol–water partition coefficient (Wildman–Crippen LogP) is 0.0855. The minimum Gasteiger partial charge on any atom is -0.494 e. The molecule has 0 aliphatic heterocycles. The second-order valence-electron chi connectivity index (χ2n) is 3.11. The van der Waals surface area contributed by atoms with Crippen LogP contribution in [0.1, 0.15) is 18.9 Å². The third-order valence-electron chi connectivity index (χ3n) is 1.91. The van der Waals surface area contributed by atoms with Crippen LogP contribution in [0.5, 0.6) is 5.88 Å². The largest absolute Gasteiger partial charge is 0.494 e. The Morgan fingerprint density at radius 3 is 2.76 bits per heavy atom. The summed E-state index contributed by atoms with van der Waals surface area (Å²) in [5, 5.41) is 13.2. The van der Waals surface area contributed by atoms with E-state index in [9.17, 15) is 14.7 Å². The molecule has 0 fully saturated rings. The van der Waals surface area contributed by atoms with Gasteiger partial charge in [-0.1, -0.05) is 24.7 Å². The summed E-state index contributed by atoms with van der Waals surface area (Å²) in [6.45, 7) is 5.37. The summed E-state index contributed by atoms with van der Waals surface area (Å²) < 4.78 is 0. The number of H-pyrrole nitrogens is 2. The maximum Gasteiger partial charge on any atom is 0.328 e. The van der Waals surface area contributed by atoms with Crippen molar-refractivity contribution in [3.63, 3.8) is 0 Å². The lowest BCUT2D eigenvalue weighted by atomic mass is 10.1. The molecule has 0 unspecified atom stereocenters. The first-order chi connectivity index (χ1) is 8.10. The highest BCUT2D eigenvalue weighted by atomic mass is 16.6. The molecular weight excluding hydrogens is 226 g/mol. The number of hydrogen-bond acceptors (Lipinski definition) is 5. The van der Waals surface area contributed by atoms with Crippen LogP contribution in [-0.4, -0.2) is 27.4 Å². The van der Waals surface area contributed by atoms with E-state index in [-0.39, 0.29) is 17.9 Å². The number of rotatable bonds is 5. The first-order valence-electron chi connectivity index (χ1n) is 4.95. The molecule has 17 heavy (non-hydrogen) atoms. The van der Waals surface area contributed by atoms with Gasteiger partial charge in [0.15, 0.2) is 0 Å². The van der Waals surface area contributed by atoms with E-state index < -0.39 is 17.1 Å². The van der Waals surface area contributed by atoms with E-state index >= 15 is 0 Å². The number of nitrogens with zero attached hydrogens (tertiary/aromatic N) is 1. The molecule has 1 heterocycles. The van der Waals surface area contributed by atoms with Gasteiger partial charge >= 0.3 is 5.69 Å². The van der Waals surface area contributed by atoms with Crippen molar-refractivity contribution in [1.82, 2.24) is 9.97 Å². The van der Waals surface area contributed by atoms with Gasteiger partial charge in [0.2, 0.25) is 5.88 Å². The van der Waals surface area contributed by atoms with Gasteiger partial charge in [-0.25, -0.2) is 4.79 Å². The molecule has 0 radical (unpaired) electrons. The SMILES string of the molecule is C=CCON=C(CC)c1c(O)[nH]c(=O)[nH]c1=O. The van der Waals surface area contributed by atoms with Gasteiger partial charge < -0.3 is 9.94 Å². The number of hydrogen-bond donors (Lipinski definition) is 3. The molecule has 0 aliphatic rings. The standard InChI is InChI=1S/C10H13N3O4/c1-3-5-17-13-6(4-2)7-8(14)11-10(16)12-9(7)15/h3H,1,4-5H2,2H3,(H3,11,12,14,15,16). The molecule has 1 rings (SSSR count). The quantitative estimate of drug-likeness (QED) is 0.293. The Morgan fingerprint density at radius 1 is 1.53 bits per heavy atom. The average Bonchev–Trinajstić information content (AvgIpc) is 2.25. The fourth-order valence-electron chi connectivity index (χ4n) is 1.20. The average molecular weight is 239 g/mol. The molecule has 0 atom stereocenters. The van der Waals surface area contributed by atoms with Gasteiger partial charge in [0.25, 0.3) is 5.56 Å². The number of aromatic nitrogens is 2. The summed E-state index contributed by atoms with van der Waals surface area (Å²) in [6, 6.07) is 0. The first-order valence-corrected chi connectivity index (χ1v) is 4.95. The van der Waals surface area contributed by atoms with Crippen LogP contribution in [0.3, 0.4) is 0 Å². The Labute approximate surface area is 96.5 Å². The Bertz CT molecular complexity index is 541. The van der Waals surface area contributed by atoms with Crippen LogP contribution in [0, 0.1) is 0 Å². The maximum atomic E-state index is 11.5. The van der Waals surface area contributed by atoms with E-state index in [4.69, 9.17) is 4.84 Å². The van der Waals surface area contributed by atoms with Crippen molar-refractivity contribution in [1.29, 1.82) is 0 Å². The third-order valence-corrected chi connectivity index (χ3v) is 1.91. The summed E-state index contributed by atoms with van der Waals surface area (Å²) in [4.78, 5) is 31.3. The Morgan fingerprint density at radius 2 is 2.24 bits per heavy atom. The van der Waals surface area contributed by atoms with Gasteiger partial charge in [0.1, 0.15) is 12.2 Å². The summed E-state index contributed by atoms with van der Waals surface area (Å²) in [5.74, 6) is -0.526. The minimum absolute atomic E-state index is 0.101. The van der Waals surface area contributed by atoms with Crippen molar-refractivity contribution in [2.75, 3.05) is 6.61 Å². The van der Waals surface area contributed by atoms with E-state index in [2.05, 4.69) is 16.7 Å². The van der Waals surface area contributed by atoms with E-state index in [1.807, 2.05) is 4.98 Å². The van der Waals surface area contributed by atoms with Crippen LogP contribution in [0.25, 0.3) is 0 Å². The molecule has 1 aromatic heterocycles. The normalized spacial score (nSPS) is 11.2. The summed E-state index contributed by atoms with van der Waals surface area (Å²) >= 11 is 0. The highest BCUT2D eigenvalue weighted by Gasteiger charge is 2.14. The topological polar surface area (TPSA) is 108 Å². The number of oxime groups is 1. The van der Waals surface area contributed by atoms with Crippen molar-refractivity contribution in [3.05, 3.63) is 39.1 Å². The van der Waals surface area contributed by atoms with E-state index in [0.29, 0.717) is 6.42 Å². The maximum absolute atomic E-state index is 11.5. The monoisotopic (exact) mass is 239 g/mol. The molecule has 92 valence electrons. The molecule has 0 aliphatic carbocycles. The number of aromatic amines is 2. The van der Waals surface area contributed by atoms with Crippen molar-refractivity contribution < 1.29 is 9.94 Å². The second kappa shape index (κ2) is 5.69. The van der Waals surface area contributed by atoms with Crippen LogP contribution in [0.4, 0.5) is 0 Å². The molecule has 7 nitrogen and oxygen atoms in total. The highest BCUT2D eigenvalue weighted by Crippen LogP contribution is 2.09. The molecule has 0 bridgehead atoms. The lowest BCUT2D eigenvalue weighted by Crippen LogP contribution is -2.27. The first kappa shape index (κ1) is 12.8. The van der Waals surface area contributed by atoms with E-state index in [1.54, 1.807) is 6.92 Å². The van der Waals surface area contributed by atoms with Gasteiger partial charge in [-0.05, 0) is 6.42 Å². The molecule has 1 aromatic rings. The van der Waals surface area contributed by atoms with Crippen molar-refractivity contribution in [3.8, 4) is 5.88 Å². The molecule has 0 spiro atoms. The summed E-state index contributed by atoms with van der Waals surface area (Å²) in [5.41, 5.74) is -1.36. The zero-order chi connectivity index (χ0) is 12.8. The van der Waals surface area contributed by atoms with Crippen molar-refractivity contribution in [2.45, 2.75) is 13.3 Å². The van der Waals surface area contributed by atoms with Crippen LogP contribution in [0.15, 0.2) is 27.4 Å². The molecule has 7 heteroatoms. The molecular formula is C10H13N3O4. The second-order valence-corrected chi connectivity index (χ2v) is 3.11. The van der Waals surface area contributed by atoms with Gasteiger partial charge in [-0.2, -0.15) is 0 Å². The lowest BCUT2D eigenvalue weighted by molar-refractivity contribution is 0.174. The van der Waals surface area contributed by atoms with Gasteiger partial charge in [0.05, 0.1) is 5.71 Å². The Kier molecular flexibility index (Phi) is 4.27. The van der Waals surface area contributed by atoms with E-state index in [0.717, 1.165) is 0 Å². The van der Waals surface area contributed by atoms with Crippen molar-refractivity contribution >= 4 is 5.71 Å². The molecule has 0 aromatic carbocycles.